The quantitative estimate of drug-likeness (QED) is 0.807. The fourth-order valence-corrected chi connectivity index (χ4v) is 1.21. The third kappa shape index (κ3) is 3.44. The van der Waals surface area contributed by atoms with Crippen molar-refractivity contribution in [1.29, 1.82) is 0 Å². The molecule has 1 atom stereocenters. The van der Waals surface area contributed by atoms with E-state index in [0.717, 1.165) is 5.56 Å². The van der Waals surface area contributed by atoms with Gasteiger partial charge in [0.25, 0.3) is 0 Å². The Bertz CT molecular complexity index is 287. The maximum Gasteiger partial charge on any atom is 0.162 e. The lowest BCUT2D eigenvalue weighted by atomic mass is 10.1. The van der Waals surface area contributed by atoms with Gasteiger partial charge in [0.2, 0.25) is 0 Å². The van der Waals surface area contributed by atoms with Gasteiger partial charge in [0, 0.05) is 11.6 Å². The molecule has 0 saturated heterocycles. The average molecular weight is 211 g/mol. The summed E-state index contributed by atoms with van der Waals surface area (Å²) in [7, 11) is 3.40. The smallest absolute Gasteiger partial charge is 0.162 e. The van der Waals surface area contributed by atoms with Crippen LogP contribution in [0.3, 0.4) is 0 Å². The molecule has 0 aromatic heterocycles. The Morgan fingerprint density at radius 1 is 1.33 bits per heavy atom. The van der Waals surface area contributed by atoms with E-state index >= 15 is 0 Å². The van der Waals surface area contributed by atoms with Crippen molar-refractivity contribution in [3.8, 4) is 11.5 Å². The molecular formula is C12H21NO2. The van der Waals surface area contributed by atoms with Crippen LogP contribution in [0.1, 0.15) is 32.4 Å². The van der Waals surface area contributed by atoms with Gasteiger partial charge in [-0.2, -0.15) is 0 Å². The topological polar surface area (TPSA) is 41.5 Å². The molecule has 0 radical (unpaired) electrons. The van der Waals surface area contributed by atoms with Crippen LogP contribution in [0, 0.1) is 0 Å². The lowest BCUT2D eigenvalue weighted by Gasteiger charge is -2.14. The fourth-order valence-electron chi connectivity index (χ4n) is 1.21. The Morgan fingerprint density at radius 2 is 1.93 bits per heavy atom. The molecule has 0 bridgehead atoms. The van der Waals surface area contributed by atoms with Gasteiger partial charge in [0.1, 0.15) is 0 Å². The predicted molar refractivity (Wildman–Crippen MR) is 63.5 cm³/mol. The summed E-state index contributed by atoms with van der Waals surface area (Å²) in [6.45, 7) is 5.98. The first-order valence-corrected chi connectivity index (χ1v) is 5.23. The van der Waals surface area contributed by atoms with Crippen molar-refractivity contribution in [2.75, 3.05) is 14.2 Å². The highest BCUT2D eigenvalue weighted by atomic mass is 16.5. The van der Waals surface area contributed by atoms with E-state index in [1.165, 1.54) is 0 Å². The second-order valence-corrected chi connectivity index (χ2v) is 2.91. The van der Waals surface area contributed by atoms with E-state index in [2.05, 4.69) is 5.32 Å². The maximum absolute atomic E-state index is 9.73. The third-order valence-electron chi connectivity index (χ3n) is 2.15. The van der Waals surface area contributed by atoms with Gasteiger partial charge < -0.3 is 15.2 Å². The number of hydrogen-bond acceptors (Lipinski definition) is 3. The summed E-state index contributed by atoms with van der Waals surface area (Å²) in [5.74, 6) is 0.728. The monoisotopic (exact) mass is 211 g/mol. The molecule has 0 amide bonds. The number of aromatic hydroxyl groups is 1. The molecule has 3 nitrogen and oxygen atoms in total. The average Bonchev–Trinajstić information content (AvgIpc) is 2.31. The molecule has 1 unspecified atom stereocenters. The minimum Gasteiger partial charge on any atom is -0.504 e. The Labute approximate surface area is 92.1 Å². The molecule has 2 N–H and O–H groups in total. The summed E-state index contributed by atoms with van der Waals surface area (Å²) in [4.78, 5) is 0. The molecule has 0 aliphatic heterocycles. The minimum atomic E-state index is 0.120. The summed E-state index contributed by atoms with van der Waals surface area (Å²) >= 11 is 0. The highest BCUT2D eigenvalue weighted by Crippen LogP contribution is 2.32. The number of phenols is 1. The van der Waals surface area contributed by atoms with Gasteiger partial charge in [-0.05, 0) is 20.0 Å². The Morgan fingerprint density at radius 3 is 2.40 bits per heavy atom. The number of nitrogens with one attached hydrogen (secondary N) is 1. The van der Waals surface area contributed by atoms with E-state index < -0.39 is 0 Å². The van der Waals surface area contributed by atoms with Crippen molar-refractivity contribution >= 4 is 0 Å². The van der Waals surface area contributed by atoms with E-state index in [-0.39, 0.29) is 11.8 Å². The van der Waals surface area contributed by atoms with Gasteiger partial charge in [-0.25, -0.2) is 0 Å². The van der Waals surface area contributed by atoms with Gasteiger partial charge in [0.15, 0.2) is 11.5 Å². The van der Waals surface area contributed by atoms with Crippen molar-refractivity contribution in [2.45, 2.75) is 26.8 Å². The number of hydrogen-bond donors (Lipinski definition) is 2. The van der Waals surface area contributed by atoms with Crippen molar-refractivity contribution < 1.29 is 9.84 Å². The van der Waals surface area contributed by atoms with Crippen LogP contribution in [0.2, 0.25) is 0 Å². The maximum atomic E-state index is 9.73. The molecular weight excluding hydrogens is 190 g/mol. The number of para-hydroxylation sites is 1. The SMILES string of the molecule is CC.CNC(C)c1cccc(OC)c1O. The third-order valence-corrected chi connectivity index (χ3v) is 2.15. The van der Waals surface area contributed by atoms with Crippen molar-refractivity contribution in [3.63, 3.8) is 0 Å². The van der Waals surface area contributed by atoms with E-state index in [1.54, 1.807) is 13.2 Å². The Balaban J connectivity index is 0.000000921. The fraction of sp³-hybridized carbons (Fsp3) is 0.500. The Hall–Kier alpha value is -1.22. The summed E-state index contributed by atoms with van der Waals surface area (Å²) in [5, 5.41) is 12.8. The number of methoxy groups -OCH3 is 1. The predicted octanol–water partition coefficient (Wildman–Crippen LogP) is 2.71. The van der Waals surface area contributed by atoms with Gasteiger partial charge in [-0.3, -0.25) is 0 Å². The number of rotatable bonds is 3. The number of benzene rings is 1. The summed E-state index contributed by atoms with van der Waals surface area (Å²) < 4.78 is 5.00. The normalized spacial score (nSPS) is 11.3. The summed E-state index contributed by atoms with van der Waals surface area (Å²) in [6.07, 6.45) is 0. The van der Waals surface area contributed by atoms with Gasteiger partial charge >= 0.3 is 0 Å². The van der Waals surface area contributed by atoms with E-state index in [4.69, 9.17) is 4.74 Å². The van der Waals surface area contributed by atoms with Crippen LogP contribution in [0.5, 0.6) is 11.5 Å². The molecule has 0 saturated carbocycles. The lowest BCUT2D eigenvalue weighted by molar-refractivity contribution is 0.367. The molecule has 15 heavy (non-hydrogen) atoms. The Kier molecular flexibility index (Phi) is 6.54. The second-order valence-electron chi connectivity index (χ2n) is 2.91. The summed E-state index contributed by atoms with van der Waals surface area (Å²) in [6, 6.07) is 5.59. The van der Waals surface area contributed by atoms with Crippen LogP contribution in [-0.4, -0.2) is 19.3 Å². The number of phenolic OH excluding ortho intramolecular Hbond substituents is 1. The zero-order valence-electron chi connectivity index (χ0n) is 10.2. The summed E-state index contributed by atoms with van der Waals surface area (Å²) in [5.41, 5.74) is 0.849. The standard InChI is InChI=1S/C10H15NO2.C2H6/c1-7(11-2)8-5-4-6-9(13-3)10(8)12;1-2/h4-7,11-12H,1-3H3;1-2H3. The molecule has 0 spiro atoms. The van der Waals surface area contributed by atoms with Crippen LogP contribution in [0.15, 0.2) is 18.2 Å². The van der Waals surface area contributed by atoms with Crippen molar-refractivity contribution in [1.82, 2.24) is 5.32 Å². The molecule has 0 aliphatic rings. The highest BCUT2D eigenvalue weighted by molar-refractivity contribution is 5.46. The molecule has 3 heteroatoms. The van der Waals surface area contributed by atoms with Crippen molar-refractivity contribution in [3.05, 3.63) is 23.8 Å². The zero-order valence-corrected chi connectivity index (χ0v) is 10.2. The largest absolute Gasteiger partial charge is 0.504 e. The second kappa shape index (κ2) is 7.12. The van der Waals surface area contributed by atoms with Crippen LogP contribution in [-0.2, 0) is 0 Å². The van der Waals surface area contributed by atoms with Gasteiger partial charge in [-0.1, -0.05) is 26.0 Å². The first-order chi connectivity index (χ1) is 7.20. The first-order valence-electron chi connectivity index (χ1n) is 5.23. The molecule has 0 fully saturated rings. The first kappa shape index (κ1) is 13.8. The number of ether oxygens (including phenoxy) is 1. The van der Waals surface area contributed by atoms with E-state index in [9.17, 15) is 5.11 Å². The van der Waals surface area contributed by atoms with Gasteiger partial charge in [-0.15, -0.1) is 0 Å². The van der Waals surface area contributed by atoms with E-state index in [1.807, 2.05) is 40.0 Å². The van der Waals surface area contributed by atoms with Crippen LogP contribution < -0.4 is 10.1 Å². The van der Waals surface area contributed by atoms with Crippen molar-refractivity contribution in [2.24, 2.45) is 0 Å². The van der Waals surface area contributed by atoms with Crippen LogP contribution in [0.4, 0.5) is 0 Å². The minimum absolute atomic E-state index is 0.120. The molecule has 1 aromatic rings. The van der Waals surface area contributed by atoms with E-state index in [0.29, 0.717) is 5.75 Å². The van der Waals surface area contributed by atoms with Crippen LogP contribution in [0.25, 0.3) is 0 Å². The lowest BCUT2D eigenvalue weighted by Crippen LogP contribution is -2.12. The van der Waals surface area contributed by atoms with Crippen LogP contribution >= 0.6 is 0 Å². The molecule has 0 heterocycles. The zero-order chi connectivity index (χ0) is 11.8. The van der Waals surface area contributed by atoms with Gasteiger partial charge in [0.05, 0.1) is 7.11 Å². The molecule has 86 valence electrons. The molecule has 1 rings (SSSR count). The highest BCUT2D eigenvalue weighted by Gasteiger charge is 2.11. The molecule has 1 aromatic carbocycles. The molecule has 0 aliphatic carbocycles.